The van der Waals surface area contributed by atoms with Gasteiger partial charge < -0.3 is 14.7 Å². The number of ketones is 1. The summed E-state index contributed by atoms with van der Waals surface area (Å²) in [4.78, 5) is 13.8. The van der Waals surface area contributed by atoms with Crippen molar-refractivity contribution < 1.29 is 23.9 Å². The van der Waals surface area contributed by atoms with Crippen LogP contribution in [-0.2, 0) is 6.54 Å². The Hall–Kier alpha value is -2.66. The summed E-state index contributed by atoms with van der Waals surface area (Å²) >= 11 is 0. The van der Waals surface area contributed by atoms with E-state index < -0.39 is 0 Å². The Labute approximate surface area is 146 Å². The first kappa shape index (κ1) is 17.2. The monoisotopic (exact) mass is 341 g/mol. The molecule has 0 saturated heterocycles. The molecule has 130 valence electrons. The number of fused-ring (bicyclic) bond motifs is 1. The van der Waals surface area contributed by atoms with Gasteiger partial charge in [0.25, 0.3) is 0 Å². The van der Waals surface area contributed by atoms with Crippen LogP contribution in [0.5, 0.6) is 11.5 Å². The molecule has 0 aliphatic carbocycles. The van der Waals surface area contributed by atoms with Crippen LogP contribution in [0.2, 0.25) is 0 Å². The molecule has 1 aliphatic rings. The molecule has 5 heteroatoms. The van der Waals surface area contributed by atoms with E-state index in [2.05, 4.69) is 0 Å². The number of halogens is 1. The van der Waals surface area contributed by atoms with Gasteiger partial charge in [-0.15, -0.1) is 0 Å². The van der Waals surface area contributed by atoms with Crippen molar-refractivity contribution in [2.24, 2.45) is 0 Å². The molecule has 3 rings (SSSR count). The number of quaternary nitrogens is 1. The number of hydrogen-bond acceptors (Lipinski definition) is 3. The zero-order valence-electron chi connectivity index (χ0n) is 14.3. The number of ether oxygens (including phenoxy) is 1. The van der Waals surface area contributed by atoms with Crippen molar-refractivity contribution in [3.05, 3.63) is 64.7 Å². The van der Waals surface area contributed by atoms with Crippen molar-refractivity contribution in [2.45, 2.75) is 20.4 Å². The van der Waals surface area contributed by atoms with Crippen LogP contribution in [0.3, 0.4) is 0 Å². The fourth-order valence-corrected chi connectivity index (χ4v) is 2.95. The molecular weight excluding hydrogens is 321 g/mol. The quantitative estimate of drug-likeness (QED) is 0.846. The molecule has 0 saturated carbocycles. The molecule has 0 atom stereocenters. The molecule has 0 aromatic heterocycles. The van der Waals surface area contributed by atoms with Crippen LogP contribution >= 0.6 is 0 Å². The van der Waals surface area contributed by atoms with Crippen LogP contribution in [0, 0.1) is 5.82 Å². The Morgan fingerprint density at radius 1 is 1.20 bits per heavy atom. The Kier molecular flexibility index (Phi) is 4.86. The minimum absolute atomic E-state index is 0.113. The molecule has 1 N–H and O–H groups in total. The highest BCUT2D eigenvalue weighted by atomic mass is 19.1. The van der Waals surface area contributed by atoms with Gasteiger partial charge in [0.2, 0.25) is 5.78 Å². The summed E-state index contributed by atoms with van der Waals surface area (Å²) in [5, 5.41) is 12.3. The van der Waals surface area contributed by atoms with Crippen molar-refractivity contribution in [3.63, 3.8) is 0 Å². The predicted octanol–water partition coefficient (Wildman–Crippen LogP) is 1.94. The van der Waals surface area contributed by atoms with Gasteiger partial charge in [0.15, 0.2) is 5.76 Å². The molecule has 1 aliphatic heterocycles. The second-order valence-electron chi connectivity index (χ2n) is 6.05. The van der Waals surface area contributed by atoms with Crippen LogP contribution in [-0.4, -0.2) is 18.9 Å². The van der Waals surface area contributed by atoms with E-state index in [1.165, 1.54) is 35.2 Å². The van der Waals surface area contributed by atoms with E-state index in [9.17, 15) is 14.3 Å². The molecule has 0 bridgehead atoms. The van der Waals surface area contributed by atoms with Crippen LogP contribution in [0.4, 0.5) is 4.39 Å². The normalized spacial score (nSPS) is 14.9. The average molecular weight is 341 g/mol. The molecule has 2 aromatic carbocycles. The van der Waals surface area contributed by atoms with Crippen LogP contribution in [0.15, 0.2) is 42.2 Å². The van der Waals surface area contributed by atoms with Crippen molar-refractivity contribution >= 4 is 11.9 Å². The van der Waals surface area contributed by atoms with Crippen molar-refractivity contribution in [2.75, 3.05) is 13.1 Å². The van der Waals surface area contributed by atoms with Crippen LogP contribution < -0.4 is 14.7 Å². The molecule has 0 spiro atoms. The molecule has 0 radical (unpaired) electrons. The highest BCUT2D eigenvalue weighted by Gasteiger charge is 2.30. The van der Waals surface area contributed by atoms with Crippen molar-refractivity contribution in [1.29, 1.82) is 0 Å². The summed E-state index contributed by atoms with van der Waals surface area (Å²) in [5.74, 6) is -0.334. The number of hydrogen-bond donors (Lipinski definition) is 1. The average Bonchev–Trinajstić information content (AvgIpc) is 2.90. The minimum atomic E-state index is -0.384. The zero-order valence-corrected chi connectivity index (χ0v) is 14.3. The molecule has 0 unspecified atom stereocenters. The standard InChI is InChI=1S/C20H20FNO3/c1-3-22(4-2)12-16-17(23)9-8-15-19(24)18(25-20(15)16)11-13-6-5-7-14(21)10-13/h5-11,23H,3-4,12H2,1-2H3. The molecule has 25 heavy (non-hydrogen) atoms. The molecular formula is C20H20FNO3. The number of carbonyl (C=O) groups excluding carboxylic acids is 1. The Morgan fingerprint density at radius 3 is 2.64 bits per heavy atom. The first-order chi connectivity index (χ1) is 12.0. The third kappa shape index (κ3) is 3.42. The SMILES string of the molecule is CC[NH+](CC)Cc1c([O-])ccc2c1OC(=Cc1cccc(F)c1)C2=O. The first-order valence-corrected chi connectivity index (χ1v) is 8.39. The maximum Gasteiger partial charge on any atom is 0.231 e. The van der Waals surface area contributed by atoms with Gasteiger partial charge in [0, 0.05) is 5.56 Å². The fourth-order valence-electron chi connectivity index (χ4n) is 2.95. The molecule has 1 heterocycles. The number of benzene rings is 2. The number of nitrogens with one attached hydrogen (secondary N) is 1. The van der Waals surface area contributed by atoms with E-state index in [0.717, 1.165) is 13.1 Å². The largest absolute Gasteiger partial charge is 0.872 e. The van der Waals surface area contributed by atoms with Gasteiger partial charge in [-0.2, -0.15) is 0 Å². The summed E-state index contributed by atoms with van der Waals surface area (Å²) < 4.78 is 19.1. The predicted molar refractivity (Wildman–Crippen MR) is 91.0 cm³/mol. The van der Waals surface area contributed by atoms with Crippen LogP contribution in [0.1, 0.15) is 35.3 Å². The summed E-state index contributed by atoms with van der Waals surface area (Å²) in [6.45, 7) is 6.36. The Bertz CT molecular complexity index is 841. The lowest BCUT2D eigenvalue weighted by Gasteiger charge is -2.21. The summed E-state index contributed by atoms with van der Waals surface area (Å²) in [6.07, 6.45) is 1.50. The van der Waals surface area contributed by atoms with E-state index in [1.807, 2.05) is 13.8 Å². The number of Topliss-reactive ketones (excluding diaryl/α,β-unsaturated/α-hetero) is 1. The minimum Gasteiger partial charge on any atom is -0.872 e. The Balaban J connectivity index is 1.98. The zero-order chi connectivity index (χ0) is 18.0. The van der Waals surface area contributed by atoms with Gasteiger partial charge in [0.05, 0.1) is 18.7 Å². The smallest absolute Gasteiger partial charge is 0.231 e. The molecule has 0 fully saturated rings. The maximum absolute atomic E-state index is 13.3. The second kappa shape index (κ2) is 7.07. The third-order valence-electron chi connectivity index (χ3n) is 4.47. The molecule has 4 nitrogen and oxygen atoms in total. The highest BCUT2D eigenvalue weighted by molar-refractivity contribution is 6.14. The number of carbonyl (C=O) groups is 1. The topological polar surface area (TPSA) is 53.8 Å². The lowest BCUT2D eigenvalue weighted by Crippen LogP contribution is -3.10. The van der Waals surface area contributed by atoms with Gasteiger partial charge in [-0.3, -0.25) is 4.79 Å². The van der Waals surface area contributed by atoms with Gasteiger partial charge >= 0.3 is 0 Å². The van der Waals surface area contributed by atoms with Crippen LogP contribution in [0.25, 0.3) is 6.08 Å². The highest BCUT2D eigenvalue weighted by Crippen LogP contribution is 2.38. The van der Waals surface area contributed by atoms with E-state index in [1.54, 1.807) is 12.1 Å². The third-order valence-corrected chi connectivity index (χ3v) is 4.47. The molecule has 0 amide bonds. The van der Waals surface area contributed by atoms with E-state index in [4.69, 9.17) is 4.74 Å². The van der Waals surface area contributed by atoms with E-state index in [0.29, 0.717) is 29.0 Å². The lowest BCUT2D eigenvalue weighted by atomic mass is 10.0. The van der Waals surface area contributed by atoms with Gasteiger partial charge in [-0.1, -0.05) is 23.9 Å². The summed E-state index contributed by atoms with van der Waals surface area (Å²) in [5.41, 5.74) is 1.45. The van der Waals surface area contributed by atoms with Gasteiger partial charge in [-0.05, 0) is 43.7 Å². The molecule has 2 aromatic rings. The lowest BCUT2D eigenvalue weighted by molar-refractivity contribution is -0.910. The van der Waals surface area contributed by atoms with E-state index >= 15 is 0 Å². The summed E-state index contributed by atoms with van der Waals surface area (Å²) in [6, 6.07) is 8.85. The van der Waals surface area contributed by atoms with E-state index in [-0.39, 0.29) is 23.1 Å². The van der Waals surface area contributed by atoms with Crippen molar-refractivity contribution in [3.8, 4) is 11.5 Å². The fraction of sp³-hybridized carbons (Fsp3) is 0.250. The van der Waals surface area contributed by atoms with Gasteiger partial charge in [0.1, 0.15) is 18.1 Å². The van der Waals surface area contributed by atoms with Crippen molar-refractivity contribution in [1.82, 2.24) is 0 Å². The number of allylic oxidation sites excluding steroid dienone is 1. The number of rotatable bonds is 5. The summed E-state index contributed by atoms with van der Waals surface area (Å²) in [7, 11) is 0. The maximum atomic E-state index is 13.3. The first-order valence-electron chi connectivity index (χ1n) is 8.39. The Morgan fingerprint density at radius 2 is 1.96 bits per heavy atom. The van der Waals surface area contributed by atoms with Gasteiger partial charge in [-0.25, -0.2) is 4.39 Å². The second-order valence-corrected chi connectivity index (χ2v) is 6.05.